The number of carbonyl (C=O) groups excluding carboxylic acids is 1. The van der Waals surface area contributed by atoms with Crippen LogP contribution in [-0.2, 0) is 16.4 Å². The second kappa shape index (κ2) is 5.06. The first-order valence-electron chi connectivity index (χ1n) is 4.53. The Morgan fingerprint density at radius 3 is 2.25 bits per heavy atom. The highest BCUT2D eigenvalue weighted by molar-refractivity contribution is 7.89. The number of primary sulfonamides is 1. The second-order valence-electron chi connectivity index (χ2n) is 3.29. The molecule has 0 aliphatic rings. The van der Waals surface area contributed by atoms with Gasteiger partial charge in [0.1, 0.15) is 0 Å². The van der Waals surface area contributed by atoms with Crippen molar-refractivity contribution < 1.29 is 13.2 Å². The SMILES string of the molecule is NNC(=O)c1ccc(CCS(N)(=O)=O)cc1. The Hall–Kier alpha value is -1.44. The van der Waals surface area contributed by atoms with Gasteiger partial charge in [-0.3, -0.25) is 10.2 Å². The molecule has 88 valence electrons. The van der Waals surface area contributed by atoms with E-state index in [1.165, 1.54) is 0 Å². The number of aryl methyl sites for hydroxylation is 1. The van der Waals surface area contributed by atoms with Crippen LogP contribution in [0.25, 0.3) is 0 Å². The van der Waals surface area contributed by atoms with Crippen LogP contribution < -0.4 is 16.4 Å². The molecule has 0 fully saturated rings. The Morgan fingerprint density at radius 1 is 1.25 bits per heavy atom. The van der Waals surface area contributed by atoms with Crippen LogP contribution in [0.15, 0.2) is 24.3 Å². The largest absolute Gasteiger partial charge is 0.290 e. The zero-order chi connectivity index (χ0) is 12.2. The van der Waals surface area contributed by atoms with E-state index in [0.29, 0.717) is 12.0 Å². The molecule has 0 atom stereocenters. The van der Waals surface area contributed by atoms with Gasteiger partial charge in [0.25, 0.3) is 5.91 Å². The molecule has 0 aliphatic carbocycles. The van der Waals surface area contributed by atoms with Crippen LogP contribution in [0.2, 0.25) is 0 Å². The van der Waals surface area contributed by atoms with Crippen LogP contribution in [0.3, 0.4) is 0 Å². The monoisotopic (exact) mass is 243 g/mol. The lowest BCUT2D eigenvalue weighted by molar-refractivity contribution is 0.0953. The molecule has 0 spiro atoms. The minimum atomic E-state index is -3.45. The molecule has 1 amide bonds. The third-order valence-electron chi connectivity index (χ3n) is 2.02. The summed E-state index contributed by atoms with van der Waals surface area (Å²) in [5.74, 6) is 4.46. The zero-order valence-corrected chi connectivity index (χ0v) is 9.33. The smallest absolute Gasteiger partial charge is 0.265 e. The zero-order valence-electron chi connectivity index (χ0n) is 8.51. The number of nitrogens with two attached hydrogens (primary N) is 2. The van der Waals surface area contributed by atoms with Crippen molar-refractivity contribution >= 4 is 15.9 Å². The van der Waals surface area contributed by atoms with E-state index in [-0.39, 0.29) is 5.75 Å². The third kappa shape index (κ3) is 3.97. The summed E-state index contributed by atoms with van der Waals surface area (Å²) in [4.78, 5) is 11.1. The van der Waals surface area contributed by atoms with Gasteiger partial charge in [0, 0.05) is 5.56 Å². The van der Waals surface area contributed by atoms with Gasteiger partial charge in [-0.05, 0) is 24.1 Å². The number of hydrogen-bond donors (Lipinski definition) is 3. The Labute approximate surface area is 93.6 Å². The molecule has 1 aromatic carbocycles. The van der Waals surface area contributed by atoms with Crippen molar-refractivity contribution in [2.75, 3.05) is 5.75 Å². The standard InChI is InChI=1S/C9H13N3O3S/c10-12-9(13)8-3-1-7(2-4-8)5-6-16(11,14)15/h1-4H,5-6,10H2,(H,12,13)(H2,11,14,15). The lowest BCUT2D eigenvalue weighted by atomic mass is 10.1. The molecule has 7 heteroatoms. The Bertz CT molecular complexity index is 467. The van der Waals surface area contributed by atoms with Crippen LogP contribution in [-0.4, -0.2) is 20.1 Å². The molecule has 0 unspecified atom stereocenters. The van der Waals surface area contributed by atoms with Crippen molar-refractivity contribution in [2.45, 2.75) is 6.42 Å². The predicted octanol–water partition coefficient (Wildman–Crippen LogP) is -0.879. The maximum atomic E-state index is 11.1. The highest BCUT2D eigenvalue weighted by Crippen LogP contribution is 2.05. The summed E-state index contributed by atoms with van der Waals surface area (Å²) in [7, 11) is -3.45. The van der Waals surface area contributed by atoms with Gasteiger partial charge in [0.15, 0.2) is 0 Å². The molecule has 6 nitrogen and oxygen atoms in total. The minimum absolute atomic E-state index is 0.116. The number of sulfonamides is 1. The van der Waals surface area contributed by atoms with E-state index in [1.54, 1.807) is 24.3 Å². The number of nitrogens with one attached hydrogen (secondary N) is 1. The van der Waals surface area contributed by atoms with Crippen molar-refractivity contribution in [1.82, 2.24) is 5.43 Å². The van der Waals surface area contributed by atoms with E-state index in [9.17, 15) is 13.2 Å². The predicted molar refractivity (Wildman–Crippen MR) is 59.8 cm³/mol. The molecule has 0 heterocycles. The maximum Gasteiger partial charge on any atom is 0.265 e. The molecule has 0 bridgehead atoms. The van der Waals surface area contributed by atoms with Crippen molar-refractivity contribution in [3.05, 3.63) is 35.4 Å². The molecule has 16 heavy (non-hydrogen) atoms. The van der Waals surface area contributed by atoms with E-state index < -0.39 is 15.9 Å². The van der Waals surface area contributed by atoms with Crippen molar-refractivity contribution in [1.29, 1.82) is 0 Å². The summed E-state index contributed by atoms with van der Waals surface area (Å²) >= 11 is 0. The molecular weight excluding hydrogens is 230 g/mol. The highest BCUT2D eigenvalue weighted by atomic mass is 32.2. The first-order valence-corrected chi connectivity index (χ1v) is 6.24. The lowest BCUT2D eigenvalue weighted by Gasteiger charge is -2.02. The Balaban J connectivity index is 2.69. The van der Waals surface area contributed by atoms with Crippen LogP contribution in [0.1, 0.15) is 15.9 Å². The quantitative estimate of drug-likeness (QED) is 0.362. The molecule has 0 aliphatic heterocycles. The van der Waals surface area contributed by atoms with Gasteiger partial charge in [-0.25, -0.2) is 19.4 Å². The van der Waals surface area contributed by atoms with E-state index in [1.807, 2.05) is 5.43 Å². The fourth-order valence-electron chi connectivity index (χ4n) is 1.17. The molecule has 5 N–H and O–H groups in total. The summed E-state index contributed by atoms with van der Waals surface area (Å²) in [5.41, 5.74) is 3.21. The highest BCUT2D eigenvalue weighted by Gasteiger charge is 2.05. The number of carbonyl (C=O) groups is 1. The van der Waals surface area contributed by atoms with E-state index >= 15 is 0 Å². The summed E-state index contributed by atoms with van der Waals surface area (Å²) in [5, 5.41) is 4.87. The van der Waals surface area contributed by atoms with Crippen molar-refractivity contribution in [3.63, 3.8) is 0 Å². The lowest BCUT2D eigenvalue weighted by Crippen LogP contribution is -2.29. The molecule has 0 radical (unpaired) electrons. The molecular formula is C9H13N3O3S. The fraction of sp³-hybridized carbons (Fsp3) is 0.222. The molecule has 0 aromatic heterocycles. The van der Waals surface area contributed by atoms with E-state index in [0.717, 1.165) is 5.56 Å². The maximum absolute atomic E-state index is 11.1. The van der Waals surface area contributed by atoms with Crippen LogP contribution in [0, 0.1) is 0 Å². The van der Waals surface area contributed by atoms with Gasteiger partial charge in [-0.15, -0.1) is 0 Å². The number of amides is 1. The first-order chi connectivity index (χ1) is 7.42. The van der Waals surface area contributed by atoms with Crippen LogP contribution in [0.5, 0.6) is 0 Å². The van der Waals surface area contributed by atoms with E-state index in [4.69, 9.17) is 11.0 Å². The number of rotatable bonds is 4. The van der Waals surface area contributed by atoms with Gasteiger partial charge >= 0.3 is 0 Å². The summed E-state index contributed by atoms with van der Waals surface area (Å²) in [6.45, 7) is 0. The van der Waals surface area contributed by atoms with Crippen LogP contribution in [0.4, 0.5) is 0 Å². The fourth-order valence-corrected chi connectivity index (χ4v) is 1.69. The number of hydrogen-bond acceptors (Lipinski definition) is 4. The minimum Gasteiger partial charge on any atom is -0.290 e. The van der Waals surface area contributed by atoms with Gasteiger partial charge in [0.05, 0.1) is 5.75 Å². The number of benzene rings is 1. The summed E-state index contributed by atoms with van der Waals surface area (Å²) in [6.07, 6.45) is 0.323. The second-order valence-corrected chi connectivity index (χ2v) is 5.02. The molecule has 0 saturated carbocycles. The Kier molecular flexibility index (Phi) is 3.99. The van der Waals surface area contributed by atoms with E-state index in [2.05, 4.69) is 0 Å². The average molecular weight is 243 g/mol. The van der Waals surface area contributed by atoms with Gasteiger partial charge < -0.3 is 0 Å². The van der Waals surface area contributed by atoms with Crippen molar-refractivity contribution in [2.24, 2.45) is 11.0 Å². The summed E-state index contributed by atoms with van der Waals surface area (Å²) in [6, 6.07) is 6.47. The molecule has 1 aromatic rings. The average Bonchev–Trinajstić information content (AvgIpc) is 2.25. The van der Waals surface area contributed by atoms with Crippen molar-refractivity contribution in [3.8, 4) is 0 Å². The topological polar surface area (TPSA) is 115 Å². The molecule has 1 rings (SSSR count). The van der Waals surface area contributed by atoms with Crippen LogP contribution >= 0.6 is 0 Å². The summed E-state index contributed by atoms with van der Waals surface area (Å²) < 4.78 is 21.4. The van der Waals surface area contributed by atoms with Gasteiger partial charge in [-0.1, -0.05) is 12.1 Å². The molecule has 0 saturated heterocycles. The first kappa shape index (κ1) is 12.6. The number of nitrogen functional groups attached to an aromatic ring is 1. The number of hydrazine groups is 1. The Morgan fingerprint density at radius 2 is 1.81 bits per heavy atom. The van der Waals surface area contributed by atoms with Gasteiger partial charge in [0.2, 0.25) is 10.0 Å². The van der Waals surface area contributed by atoms with Gasteiger partial charge in [-0.2, -0.15) is 0 Å². The normalized spacial score (nSPS) is 11.1. The third-order valence-corrected chi connectivity index (χ3v) is 2.80.